The summed E-state index contributed by atoms with van der Waals surface area (Å²) >= 11 is 0. The molecule has 0 heterocycles. The van der Waals surface area contributed by atoms with Crippen molar-refractivity contribution in [1.29, 1.82) is 0 Å². The lowest BCUT2D eigenvalue weighted by Gasteiger charge is -2.28. The summed E-state index contributed by atoms with van der Waals surface area (Å²) in [6.45, 7) is 0.633. The number of benzene rings is 1. The van der Waals surface area contributed by atoms with E-state index in [1.54, 1.807) is 25.1 Å². The van der Waals surface area contributed by atoms with Gasteiger partial charge in [-0.25, -0.2) is 4.79 Å². The fourth-order valence-electron chi connectivity index (χ4n) is 2.09. The molecule has 0 aliphatic heterocycles. The van der Waals surface area contributed by atoms with E-state index in [4.69, 9.17) is 0 Å². The number of rotatable bonds is 8. The Morgan fingerprint density at radius 1 is 1.41 bits per heavy atom. The van der Waals surface area contributed by atoms with Gasteiger partial charge >= 0.3 is 12.6 Å². The Bertz CT molecular complexity index is 486. The molecule has 0 aliphatic rings. The Kier molecular flexibility index (Phi) is 7.04. The molecule has 0 aromatic heterocycles. The van der Waals surface area contributed by atoms with E-state index in [2.05, 4.69) is 15.4 Å². The number of halogens is 2. The minimum atomic E-state index is -2.92. The standard InChI is InChI=1S/C15H22F2N2O3/c1-3-8-15(2,10-20)19-14(21)18-9-11-6-4-5-7-12(11)22-13(16)17/h4-7,13,20H,3,8-10H2,1-2H3,(H2,18,19,21). The van der Waals surface area contributed by atoms with Crippen molar-refractivity contribution in [3.05, 3.63) is 29.8 Å². The van der Waals surface area contributed by atoms with Crippen molar-refractivity contribution in [2.24, 2.45) is 0 Å². The fraction of sp³-hybridized carbons (Fsp3) is 0.533. The van der Waals surface area contributed by atoms with E-state index in [0.717, 1.165) is 6.42 Å². The van der Waals surface area contributed by atoms with E-state index < -0.39 is 18.2 Å². The van der Waals surface area contributed by atoms with Crippen LogP contribution in [-0.2, 0) is 6.54 Å². The Morgan fingerprint density at radius 2 is 2.09 bits per heavy atom. The van der Waals surface area contributed by atoms with E-state index in [0.29, 0.717) is 12.0 Å². The predicted molar refractivity (Wildman–Crippen MR) is 78.8 cm³/mol. The third-order valence-corrected chi connectivity index (χ3v) is 3.19. The third kappa shape index (κ3) is 5.85. The van der Waals surface area contributed by atoms with Crippen molar-refractivity contribution < 1.29 is 23.4 Å². The molecule has 124 valence electrons. The third-order valence-electron chi connectivity index (χ3n) is 3.19. The molecule has 0 radical (unpaired) electrons. The molecule has 22 heavy (non-hydrogen) atoms. The van der Waals surface area contributed by atoms with Crippen LogP contribution in [0.3, 0.4) is 0 Å². The highest BCUT2D eigenvalue weighted by Gasteiger charge is 2.24. The largest absolute Gasteiger partial charge is 0.434 e. The van der Waals surface area contributed by atoms with Gasteiger partial charge in [0.15, 0.2) is 0 Å². The minimum Gasteiger partial charge on any atom is -0.434 e. The van der Waals surface area contributed by atoms with Crippen molar-refractivity contribution >= 4 is 6.03 Å². The molecule has 1 unspecified atom stereocenters. The Balaban J connectivity index is 2.61. The van der Waals surface area contributed by atoms with Crippen molar-refractivity contribution in [3.63, 3.8) is 0 Å². The highest BCUT2D eigenvalue weighted by molar-refractivity contribution is 5.74. The van der Waals surface area contributed by atoms with Gasteiger partial charge in [0, 0.05) is 12.1 Å². The van der Waals surface area contributed by atoms with Crippen LogP contribution in [0.15, 0.2) is 24.3 Å². The van der Waals surface area contributed by atoms with Crippen LogP contribution in [-0.4, -0.2) is 29.9 Å². The zero-order valence-corrected chi connectivity index (χ0v) is 12.7. The molecule has 1 aromatic carbocycles. The number of aliphatic hydroxyl groups is 1. The maximum atomic E-state index is 12.3. The average Bonchev–Trinajstić information content (AvgIpc) is 2.46. The monoisotopic (exact) mass is 316 g/mol. The summed E-state index contributed by atoms with van der Waals surface area (Å²) in [7, 11) is 0. The average molecular weight is 316 g/mol. The summed E-state index contributed by atoms with van der Waals surface area (Å²) in [4.78, 5) is 11.9. The second kappa shape index (κ2) is 8.53. The molecular formula is C15H22F2N2O3. The van der Waals surface area contributed by atoms with Crippen LogP contribution in [0.1, 0.15) is 32.3 Å². The van der Waals surface area contributed by atoms with Crippen LogP contribution < -0.4 is 15.4 Å². The van der Waals surface area contributed by atoms with Crippen LogP contribution in [0.4, 0.5) is 13.6 Å². The number of nitrogens with one attached hydrogen (secondary N) is 2. The van der Waals surface area contributed by atoms with Gasteiger partial charge in [0.2, 0.25) is 0 Å². The maximum Gasteiger partial charge on any atom is 0.387 e. The summed E-state index contributed by atoms with van der Waals surface area (Å²) in [6.07, 6.45) is 1.43. The normalized spacial score (nSPS) is 13.5. The van der Waals surface area contributed by atoms with Crippen LogP contribution in [0.2, 0.25) is 0 Å². The fourth-order valence-corrected chi connectivity index (χ4v) is 2.09. The topological polar surface area (TPSA) is 70.6 Å². The summed E-state index contributed by atoms with van der Waals surface area (Å²) in [5.74, 6) is 0.0243. The molecule has 2 amide bonds. The number of aliphatic hydroxyl groups excluding tert-OH is 1. The van der Waals surface area contributed by atoms with Crippen LogP contribution in [0.5, 0.6) is 5.75 Å². The molecule has 0 bridgehead atoms. The van der Waals surface area contributed by atoms with Crippen LogP contribution in [0, 0.1) is 0 Å². The number of alkyl halides is 2. The molecule has 3 N–H and O–H groups in total. The highest BCUT2D eigenvalue weighted by Crippen LogP contribution is 2.20. The van der Waals surface area contributed by atoms with E-state index >= 15 is 0 Å². The Hall–Kier alpha value is -1.89. The Morgan fingerprint density at radius 3 is 2.68 bits per heavy atom. The van der Waals surface area contributed by atoms with Gasteiger partial charge in [0.25, 0.3) is 0 Å². The van der Waals surface area contributed by atoms with E-state index in [1.165, 1.54) is 6.07 Å². The zero-order valence-electron chi connectivity index (χ0n) is 12.7. The van der Waals surface area contributed by atoms with Gasteiger partial charge in [-0.2, -0.15) is 8.78 Å². The van der Waals surface area contributed by atoms with Crippen molar-refractivity contribution in [1.82, 2.24) is 10.6 Å². The second-order valence-corrected chi connectivity index (χ2v) is 5.26. The lowest BCUT2D eigenvalue weighted by molar-refractivity contribution is -0.0504. The smallest absolute Gasteiger partial charge is 0.387 e. The maximum absolute atomic E-state index is 12.3. The number of hydrogen-bond acceptors (Lipinski definition) is 3. The van der Waals surface area contributed by atoms with Crippen molar-refractivity contribution in [2.45, 2.75) is 45.4 Å². The molecule has 1 atom stereocenters. The first-order valence-corrected chi connectivity index (χ1v) is 7.10. The molecule has 1 aromatic rings. The van der Waals surface area contributed by atoms with Gasteiger partial charge in [0.1, 0.15) is 5.75 Å². The number of amides is 2. The van der Waals surface area contributed by atoms with Gasteiger partial charge in [-0.15, -0.1) is 0 Å². The number of carbonyl (C=O) groups excluding carboxylic acids is 1. The van der Waals surface area contributed by atoms with Crippen molar-refractivity contribution in [3.8, 4) is 5.75 Å². The number of hydrogen-bond donors (Lipinski definition) is 3. The second-order valence-electron chi connectivity index (χ2n) is 5.26. The zero-order chi connectivity index (χ0) is 16.6. The van der Waals surface area contributed by atoms with E-state index in [9.17, 15) is 18.7 Å². The van der Waals surface area contributed by atoms with Gasteiger partial charge < -0.3 is 20.5 Å². The molecule has 5 nitrogen and oxygen atoms in total. The highest BCUT2D eigenvalue weighted by atomic mass is 19.3. The molecule has 7 heteroatoms. The molecule has 1 rings (SSSR count). The van der Waals surface area contributed by atoms with Gasteiger partial charge in [-0.1, -0.05) is 31.5 Å². The van der Waals surface area contributed by atoms with Gasteiger partial charge in [-0.3, -0.25) is 0 Å². The molecule has 0 spiro atoms. The number of urea groups is 1. The molecule has 0 fully saturated rings. The first-order chi connectivity index (χ1) is 10.4. The van der Waals surface area contributed by atoms with Crippen LogP contribution >= 0.6 is 0 Å². The number of ether oxygens (including phenoxy) is 1. The molecule has 0 aliphatic carbocycles. The van der Waals surface area contributed by atoms with Crippen molar-refractivity contribution in [2.75, 3.05) is 6.61 Å². The van der Waals surface area contributed by atoms with E-state index in [-0.39, 0.29) is 18.9 Å². The SMILES string of the molecule is CCCC(C)(CO)NC(=O)NCc1ccccc1OC(F)F. The summed E-state index contributed by atoms with van der Waals surface area (Å²) in [6, 6.07) is 5.77. The summed E-state index contributed by atoms with van der Waals surface area (Å²) < 4.78 is 29.0. The first-order valence-electron chi connectivity index (χ1n) is 7.10. The molecule has 0 saturated carbocycles. The van der Waals surface area contributed by atoms with Gasteiger partial charge in [0.05, 0.1) is 12.1 Å². The number of carbonyl (C=O) groups is 1. The minimum absolute atomic E-state index is 0.0243. The quantitative estimate of drug-likeness (QED) is 0.690. The predicted octanol–water partition coefficient (Wildman–Crippen LogP) is 2.64. The summed E-state index contributed by atoms with van der Waals surface area (Å²) in [5.41, 5.74) is -0.267. The molecule has 0 saturated heterocycles. The van der Waals surface area contributed by atoms with Crippen LogP contribution in [0.25, 0.3) is 0 Å². The number of para-hydroxylation sites is 1. The summed E-state index contributed by atoms with van der Waals surface area (Å²) in [5, 5.41) is 14.6. The van der Waals surface area contributed by atoms with E-state index in [1.807, 2.05) is 6.92 Å². The molecular weight excluding hydrogens is 294 g/mol. The first kappa shape index (κ1) is 18.2. The lowest BCUT2D eigenvalue weighted by atomic mass is 9.98. The van der Waals surface area contributed by atoms with Gasteiger partial charge in [-0.05, 0) is 19.4 Å². The Labute approximate surface area is 128 Å². The lowest BCUT2D eigenvalue weighted by Crippen LogP contribution is -2.52.